The maximum atomic E-state index is 13.3. The van der Waals surface area contributed by atoms with Gasteiger partial charge in [0, 0.05) is 36.5 Å². The van der Waals surface area contributed by atoms with E-state index in [0.717, 1.165) is 46.3 Å². The molecule has 0 spiro atoms. The van der Waals surface area contributed by atoms with Gasteiger partial charge >= 0.3 is 0 Å². The van der Waals surface area contributed by atoms with Crippen molar-refractivity contribution in [3.63, 3.8) is 0 Å². The summed E-state index contributed by atoms with van der Waals surface area (Å²) in [6.45, 7) is 7.76. The molecule has 5 heteroatoms. The Balaban J connectivity index is 1.57. The molecule has 0 radical (unpaired) electrons. The number of amides is 1. The highest BCUT2D eigenvalue weighted by molar-refractivity contribution is 7.17. The van der Waals surface area contributed by atoms with Crippen LogP contribution in [0.15, 0.2) is 48.7 Å². The molecule has 1 amide bonds. The van der Waals surface area contributed by atoms with E-state index in [2.05, 4.69) is 41.2 Å². The molecule has 2 aromatic heterocycles. The molecule has 144 valence electrons. The van der Waals surface area contributed by atoms with E-state index in [-0.39, 0.29) is 5.91 Å². The Hall–Kier alpha value is -2.53. The van der Waals surface area contributed by atoms with E-state index in [1.54, 1.807) is 0 Å². The number of pyridine rings is 1. The van der Waals surface area contributed by atoms with Crippen molar-refractivity contribution in [3.8, 4) is 10.6 Å². The van der Waals surface area contributed by atoms with Crippen molar-refractivity contribution >= 4 is 17.2 Å². The van der Waals surface area contributed by atoms with Crippen molar-refractivity contribution in [1.82, 2.24) is 14.9 Å². The third-order valence-corrected chi connectivity index (χ3v) is 6.82. The monoisotopic (exact) mass is 391 g/mol. The number of aromatic nitrogens is 2. The highest BCUT2D eigenvalue weighted by atomic mass is 32.1. The van der Waals surface area contributed by atoms with Gasteiger partial charge in [0.25, 0.3) is 5.91 Å². The quantitative estimate of drug-likeness (QED) is 0.625. The van der Waals surface area contributed by atoms with Crippen LogP contribution in [0.25, 0.3) is 10.6 Å². The molecule has 1 aliphatic heterocycles. The predicted octanol–water partition coefficient (Wildman–Crippen LogP) is 5.09. The summed E-state index contributed by atoms with van der Waals surface area (Å²) in [6.07, 6.45) is 2.85. The van der Waals surface area contributed by atoms with Gasteiger partial charge < -0.3 is 4.90 Å². The molecule has 1 fully saturated rings. The van der Waals surface area contributed by atoms with Gasteiger partial charge in [-0.05, 0) is 43.9 Å². The minimum atomic E-state index is 0.106. The van der Waals surface area contributed by atoms with Gasteiger partial charge in [-0.25, -0.2) is 4.98 Å². The molecule has 1 saturated heterocycles. The Morgan fingerprint density at radius 2 is 1.93 bits per heavy atom. The summed E-state index contributed by atoms with van der Waals surface area (Å²) in [5.41, 5.74) is 4.07. The molecule has 0 saturated carbocycles. The normalized spacial score (nSPS) is 19.6. The number of rotatable bonds is 3. The van der Waals surface area contributed by atoms with Crippen LogP contribution in [0.2, 0.25) is 0 Å². The maximum Gasteiger partial charge on any atom is 0.265 e. The van der Waals surface area contributed by atoms with Crippen molar-refractivity contribution in [2.24, 2.45) is 5.92 Å². The third kappa shape index (κ3) is 3.72. The molecular formula is C23H25N3OS. The molecule has 0 bridgehead atoms. The molecule has 1 aliphatic rings. The van der Waals surface area contributed by atoms with Crippen LogP contribution in [0.4, 0.5) is 0 Å². The number of carbonyl (C=O) groups is 1. The number of thiazole rings is 1. The first-order valence-corrected chi connectivity index (χ1v) is 10.6. The number of piperidine rings is 1. The molecule has 2 unspecified atom stereocenters. The maximum absolute atomic E-state index is 13.3. The van der Waals surface area contributed by atoms with E-state index in [1.807, 2.05) is 43.1 Å². The highest BCUT2D eigenvalue weighted by Crippen LogP contribution is 2.34. The first kappa shape index (κ1) is 18.8. The zero-order chi connectivity index (χ0) is 19.7. The van der Waals surface area contributed by atoms with Crippen LogP contribution in [0.3, 0.4) is 0 Å². The molecular weight excluding hydrogens is 366 g/mol. The average molecular weight is 392 g/mol. The Labute approximate surface area is 170 Å². The minimum absolute atomic E-state index is 0.106. The van der Waals surface area contributed by atoms with Gasteiger partial charge in [0.1, 0.15) is 9.88 Å². The molecule has 28 heavy (non-hydrogen) atoms. The summed E-state index contributed by atoms with van der Waals surface area (Å²) in [4.78, 5) is 25.0. The van der Waals surface area contributed by atoms with Gasteiger partial charge in [-0.15, -0.1) is 11.3 Å². The lowest BCUT2D eigenvalue weighted by Gasteiger charge is -2.37. The lowest BCUT2D eigenvalue weighted by molar-refractivity contribution is 0.0673. The van der Waals surface area contributed by atoms with Crippen LogP contribution >= 0.6 is 11.3 Å². The number of aryl methyl sites for hydroxylation is 2. The summed E-state index contributed by atoms with van der Waals surface area (Å²) < 4.78 is 0. The first-order chi connectivity index (χ1) is 13.5. The summed E-state index contributed by atoms with van der Waals surface area (Å²) in [5, 5.41) is 0.860. The summed E-state index contributed by atoms with van der Waals surface area (Å²) in [6, 6.07) is 14.6. The zero-order valence-corrected chi connectivity index (χ0v) is 17.4. The second kappa shape index (κ2) is 7.84. The van der Waals surface area contributed by atoms with Crippen molar-refractivity contribution in [2.45, 2.75) is 33.1 Å². The number of nitrogens with zero attached hydrogens (tertiary/aromatic N) is 3. The number of likely N-dealkylation sites (tertiary alicyclic amines) is 1. The molecule has 0 N–H and O–H groups in total. The van der Waals surface area contributed by atoms with E-state index < -0.39 is 0 Å². The molecule has 3 heterocycles. The minimum Gasteiger partial charge on any atom is -0.337 e. The molecule has 0 aliphatic carbocycles. The van der Waals surface area contributed by atoms with E-state index in [9.17, 15) is 4.79 Å². The predicted molar refractivity (Wildman–Crippen MR) is 114 cm³/mol. The fourth-order valence-electron chi connectivity index (χ4n) is 3.84. The van der Waals surface area contributed by atoms with Gasteiger partial charge in [-0.2, -0.15) is 0 Å². The van der Waals surface area contributed by atoms with Crippen LogP contribution in [0.5, 0.6) is 0 Å². The topological polar surface area (TPSA) is 46.1 Å². The fraction of sp³-hybridized carbons (Fsp3) is 0.348. The van der Waals surface area contributed by atoms with E-state index in [4.69, 9.17) is 0 Å². The lowest BCUT2D eigenvalue weighted by atomic mass is 9.82. The van der Waals surface area contributed by atoms with Crippen LogP contribution in [0, 0.1) is 19.8 Å². The van der Waals surface area contributed by atoms with E-state index in [0.29, 0.717) is 11.8 Å². The Bertz CT molecular complexity index is 965. The summed E-state index contributed by atoms with van der Waals surface area (Å²) >= 11 is 1.48. The Morgan fingerprint density at radius 1 is 1.14 bits per heavy atom. The molecule has 1 aromatic carbocycles. The van der Waals surface area contributed by atoms with E-state index in [1.165, 1.54) is 16.9 Å². The van der Waals surface area contributed by atoms with Crippen molar-refractivity contribution in [1.29, 1.82) is 0 Å². The average Bonchev–Trinajstić information content (AvgIpc) is 3.10. The molecule has 2 atom stereocenters. The van der Waals surface area contributed by atoms with Crippen molar-refractivity contribution in [3.05, 3.63) is 70.5 Å². The van der Waals surface area contributed by atoms with Gasteiger partial charge in [-0.3, -0.25) is 9.78 Å². The zero-order valence-electron chi connectivity index (χ0n) is 16.6. The van der Waals surface area contributed by atoms with E-state index >= 15 is 0 Å². The Kier molecular flexibility index (Phi) is 5.27. The molecule has 3 aromatic rings. The number of benzene rings is 1. The fourth-order valence-corrected chi connectivity index (χ4v) is 4.87. The van der Waals surface area contributed by atoms with Crippen LogP contribution in [-0.4, -0.2) is 33.9 Å². The van der Waals surface area contributed by atoms with Crippen molar-refractivity contribution < 1.29 is 4.79 Å². The van der Waals surface area contributed by atoms with Gasteiger partial charge in [0.15, 0.2) is 0 Å². The van der Waals surface area contributed by atoms with Gasteiger partial charge in [-0.1, -0.05) is 37.3 Å². The second-order valence-electron chi connectivity index (χ2n) is 7.66. The standard InChI is InChI=1S/C23H25N3OS/c1-15-11-12-26(14-20(15)18-7-5-4-6-8-18)23(27)21-17(3)25-22(28-21)19-10-9-16(2)24-13-19/h4-10,13,15,20H,11-12,14H2,1-3H3. The summed E-state index contributed by atoms with van der Waals surface area (Å²) in [5.74, 6) is 1.06. The smallest absolute Gasteiger partial charge is 0.265 e. The molecule has 4 rings (SSSR count). The second-order valence-corrected chi connectivity index (χ2v) is 8.66. The highest BCUT2D eigenvalue weighted by Gasteiger charge is 2.31. The number of hydrogen-bond donors (Lipinski definition) is 0. The number of hydrogen-bond acceptors (Lipinski definition) is 4. The Morgan fingerprint density at radius 3 is 2.64 bits per heavy atom. The molecule has 4 nitrogen and oxygen atoms in total. The number of carbonyl (C=O) groups excluding carboxylic acids is 1. The van der Waals surface area contributed by atoms with Crippen LogP contribution in [0.1, 0.15) is 45.9 Å². The summed E-state index contributed by atoms with van der Waals surface area (Å²) in [7, 11) is 0. The lowest BCUT2D eigenvalue weighted by Crippen LogP contribution is -2.42. The largest absolute Gasteiger partial charge is 0.337 e. The van der Waals surface area contributed by atoms with Crippen LogP contribution in [-0.2, 0) is 0 Å². The SMILES string of the molecule is Cc1ccc(-c2nc(C)c(C(=O)N3CCC(C)C(c4ccccc4)C3)s2)cn1. The third-order valence-electron chi connectivity index (χ3n) is 5.62. The van der Waals surface area contributed by atoms with Crippen LogP contribution < -0.4 is 0 Å². The van der Waals surface area contributed by atoms with Gasteiger partial charge in [0.05, 0.1) is 5.69 Å². The van der Waals surface area contributed by atoms with Gasteiger partial charge in [0.2, 0.25) is 0 Å². The van der Waals surface area contributed by atoms with Crippen molar-refractivity contribution in [2.75, 3.05) is 13.1 Å². The first-order valence-electron chi connectivity index (χ1n) is 9.77.